The molecule has 1 aromatic rings. The lowest BCUT2D eigenvalue weighted by atomic mass is 9.75. The summed E-state index contributed by atoms with van der Waals surface area (Å²) >= 11 is 0. The zero-order valence-electron chi connectivity index (χ0n) is 13.9. The Hall–Kier alpha value is -1.04. The highest BCUT2D eigenvalue weighted by molar-refractivity contribution is 5.45. The minimum atomic E-state index is 0.203. The van der Waals surface area contributed by atoms with Crippen LogP contribution in [-0.2, 0) is 17.3 Å². The summed E-state index contributed by atoms with van der Waals surface area (Å²) in [4.78, 5) is 0. The van der Waals surface area contributed by atoms with E-state index in [4.69, 9.17) is 0 Å². The second-order valence-corrected chi connectivity index (χ2v) is 7.64. The van der Waals surface area contributed by atoms with Crippen LogP contribution in [0.2, 0.25) is 0 Å². The van der Waals surface area contributed by atoms with Gasteiger partial charge in [0.15, 0.2) is 0 Å². The Morgan fingerprint density at radius 2 is 1.37 bits per heavy atom. The smallest absolute Gasteiger partial charge is 0.0129 e. The topological polar surface area (TPSA) is 0 Å². The van der Waals surface area contributed by atoms with Gasteiger partial charge in [0.05, 0.1) is 0 Å². The molecule has 0 unspecified atom stereocenters. The largest absolute Gasteiger partial charge is 0.103 e. The Morgan fingerprint density at radius 1 is 0.947 bits per heavy atom. The molecule has 0 aliphatic heterocycles. The molecule has 0 fully saturated rings. The normalized spacial score (nSPS) is 12.6. The van der Waals surface area contributed by atoms with E-state index in [1.165, 1.54) is 22.3 Å². The highest BCUT2D eigenvalue weighted by Gasteiger charge is 2.24. The molecule has 0 aromatic heterocycles. The molecule has 0 bridgehead atoms. The summed E-state index contributed by atoms with van der Waals surface area (Å²) in [6.07, 6.45) is 4.15. The molecular weight excluding hydrogens is 228 g/mol. The third kappa shape index (κ3) is 3.96. The first-order valence-electron chi connectivity index (χ1n) is 7.32. The van der Waals surface area contributed by atoms with E-state index in [0.29, 0.717) is 0 Å². The van der Waals surface area contributed by atoms with Crippen molar-refractivity contribution in [1.29, 1.82) is 0 Å². The minimum absolute atomic E-state index is 0.203. The van der Waals surface area contributed by atoms with Gasteiger partial charge in [-0.2, -0.15) is 0 Å². The second-order valence-electron chi connectivity index (χ2n) is 7.64. The van der Waals surface area contributed by atoms with Crippen LogP contribution < -0.4 is 0 Å². The van der Waals surface area contributed by atoms with Crippen LogP contribution in [0.25, 0.3) is 0 Å². The molecule has 1 rings (SSSR count). The number of benzene rings is 1. The summed E-state index contributed by atoms with van der Waals surface area (Å²) in [7, 11) is 0. The Bertz CT molecular complexity index is 415. The number of aryl methyl sites for hydroxylation is 1. The summed E-state index contributed by atoms with van der Waals surface area (Å²) in [6, 6.07) is 4.79. The second kappa shape index (κ2) is 5.53. The summed E-state index contributed by atoms with van der Waals surface area (Å²) in [5.74, 6) is 0. The Kier molecular flexibility index (Phi) is 4.66. The molecule has 0 saturated heterocycles. The number of rotatable bonds is 3. The first-order valence-corrected chi connectivity index (χ1v) is 7.32. The molecule has 19 heavy (non-hydrogen) atoms. The van der Waals surface area contributed by atoms with Gasteiger partial charge in [-0.15, -0.1) is 6.58 Å². The van der Waals surface area contributed by atoms with Gasteiger partial charge < -0.3 is 0 Å². The predicted molar refractivity (Wildman–Crippen MR) is 87.1 cm³/mol. The molecule has 1 aromatic carbocycles. The lowest BCUT2D eigenvalue weighted by Crippen LogP contribution is -2.20. The highest BCUT2D eigenvalue weighted by Crippen LogP contribution is 2.34. The van der Waals surface area contributed by atoms with Crippen LogP contribution in [-0.4, -0.2) is 0 Å². The molecule has 0 nitrogen and oxygen atoms in total. The van der Waals surface area contributed by atoms with Gasteiger partial charge in [0, 0.05) is 0 Å². The molecule has 0 aliphatic rings. The summed E-state index contributed by atoms with van der Waals surface area (Å²) in [6.45, 7) is 19.9. The lowest BCUT2D eigenvalue weighted by molar-refractivity contribution is 0.559. The van der Waals surface area contributed by atoms with Crippen LogP contribution >= 0.6 is 0 Å². The van der Waals surface area contributed by atoms with Crippen LogP contribution in [0.3, 0.4) is 0 Å². The molecule has 0 heterocycles. The number of hydrogen-bond donors (Lipinski definition) is 0. The Morgan fingerprint density at radius 3 is 1.68 bits per heavy atom. The van der Waals surface area contributed by atoms with Gasteiger partial charge in [0.2, 0.25) is 0 Å². The van der Waals surface area contributed by atoms with Crippen LogP contribution in [0.5, 0.6) is 0 Å². The van der Waals surface area contributed by atoms with E-state index in [9.17, 15) is 0 Å². The van der Waals surface area contributed by atoms with E-state index in [-0.39, 0.29) is 10.8 Å². The highest BCUT2D eigenvalue weighted by atomic mass is 14.3. The fourth-order valence-electron chi connectivity index (χ4n) is 2.75. The lowest BCUT2D eigenvalue weighted by Gasteiger charge is -2.30. The molecule has 0 radical (unpaired) electrons. The maximum Gasteiger partial charge on any atom is -0.0129 e. The summed E-state index contributed by atoms with van der Waals surface area (Å²) < 4.78 is 0. The van der Waals surface area contributed by atoms with Crippen LogP contribution in [0.1, 0.15) is 70.2 Å². The maximum absolute atomic E-state index is 3.84. The van der Waals surface area contributed by atoms with Gasteiger partial charge in [-0.25, -0.2) is 0 Å². The van der Waals surface area contributed by atoms with Crippen molar-refractivity contribution in [2.45, 2.75) is 72.1 Å². The molecule has 106 valence electrons. The van der Waals surface area contributed by atoms with Gasteiger partial charge in [-0.3, -0.25) is 0 Å². The van der Waals surface area contributed by atoms with Gasteiger partial charge >= 0.3 is 0 Å². The SMILES string of the molecule is C=CCCc1cc(C(C)(C)C)c(C)c(C(C)(C)C)c1. The third-order valence-corrected chi connectivity index (χ3v) is 3.72. The average Bonchev–Trinajstić information content (AvgIpc) is 2.24. The Balaban J connectivity index is 3.43. The van der Waals surface area contributed by atoms with Crippen molar-refractivity contribution in [1.82, 2.24) is 0 Å². The first-order chi connectivity index (χ1) is 8.57. The standard InChI is InChI=1S/C19H30/c1-9-10-11-15-12-16(18(3,4)5)14(2)17(13-15)19(6,7)8/h9,12-13H,1,10-11H2,2-8H3. The van der Waals surface area contributed by atoms with Gasteiger partial charge in [0.1, 0.15) is 0 Å². The molecule has 0 spiro atoms. The van der Waals surface area contributed by atoms with Crippen molar-refractivity contribution in [3.63, 3.8) is 0 Å². The van der Waals surface area contributed by atoms with Crippen molar-refractivity contribution in [2.75, 3.05) is 0 Å². The van der Waals surface area contributed by atoms with E-state index >= 15 is 0 Å². The van der Waals surface area contributed by atoms with E-state index in [2.05, 4.69) is 67.2 Å². The number of hydrogen-bond acceptors (Lipinski definition) is 0. The monoisotopic (exact) mass is 258 g/mol. The Labute approximate surface area is 119 Å². The van der Waals surface area contributed by atoms with E-state index in [1.807, 2.05) is 6.08 Å². The maximum atomic E-state index is 3.84. The van der Waals surface area contributed by atoms with E-state index < -0.39 is 0 Å². The average molecular weight is 258 g/mol. The van der Waals surface area contributed by atoms with Crippen molar-refractivity contribution < 1.29 is 0 Å². The fourth-order valence-corrected chi connectivity index (χ4v) is 2.75. The predicted octanol–water partition coefficient (Wildman–Crippen LogP) is 5.71. The van der Waals surface area contributed by atoms with Crippen molar-refractivity contribution in [3.8, 4) is 0 Å². The van der Waals surface area contributed by atoms with Gasteiger partial charge in [-0.05, 0) is 52.8 Å². The summed E-state index contributed by atoms with van der Waals surface area (Å²) in [5.41, 5.74) is 6.28. The molecular formula is C19H30. The van der Waals surface area contributed by atoms with Gasteiger partial charge in [-0.1, -0.05) is 59.8 Å². The molecule has 0 N–H and O–H groups in total. The van der Waals surface area contributed by atoms with E-state index in [1.54, 1.807) is 0 Å². The quantitative estimate of drug-likeness (QED) is 0.609. The fraction of sp³-hybridized carbons (Fsp3) is 0.579. The summed E-state index contributed by atoms with van der Waals surface area (Å²) in [5, 5.41) is 0. The molecule has 0 heteroatoms. The van der Waals surface area contributed by atoms with Crippen molar-refractivity contribution in [2.24, 2.45) is 0 Å². The molecule has 0 aliphatic carbocycles. The molecule has 0 amide bonds. The van der Waals surface area contributed by atoms with E-state index in [0.717, 1.165) is 12.8 Å². The zero-order chi connectivity index (χ0) is 14.8. The molecule has 0 atom stereocenters. The zero-order valence-corrected chi connectivity index (χ0v) is 13.9. The minimum Gasteiger partial charge on any atom is -0.103 e. The van der Waals surface area contributed by atoms with Crippen LogP contribution in [0, 0.1) is 6.92 Å². The third-order valence-electron chi connectivity index (χ3n) is 3.72. The number of allylic oxidation sites excluding steroid dienone is 1. The van der Waals surface area contributed by atoms with Crippen molar-refractivity contribution in [3.05, 3.63) is 47.0 Å². The van der Waals surface area contributed by atoms with Crippen LogP contribution in [0.15, 0.2) is 24.8 Å². The van der Waals surface area contributed by atoms with Crippen molar-refractivity contribution >= 4 is 0 Å². The molecule has 0 saturated carbocycles. The van der Waals surface area contributed by atoms with Crippen LogP contribution in [0.4, 0.5) is 0 Å². The van der Waals surface area contributed by atoms with Gasteiger partial charge in [0.25, 0.3) is 0 Å². The first kappa shape index (κ1) is 16.0.